The van der Waals surface area contributed by atoms with Crippen LogP contribution in [0.1, 0.15) is 42.9 Å². The molecule has 0 spiro atoms. The maximum absolute atomic E-state index is 12.5. The fraction of sp³-hybridized carbons (Fsp3) is 0.650. The average molecular weight is 333 g/mol. The molecular weight excluding hydrogens is 302 g/mol. The molecule has 24 heavy (non-hydrogen) atoms. The molecule has 1 aliphatic heterocycles. The molecule has 2 rings (SSSR count). The van der Waals surface area contributed by atoms with Crippen LogP contribution in [0.3, 0.4) is 0 Å². The van der Waals surface area contributed by atoms with E-state index in [1.165, 1.54) is 16.7 Å². The van der Waals surface area contributed by atoms with Crippen molar-refractivity contribution >= 4 is 5.91 Å². The van der Waals surface area contributed by atoms with Crippen LogP contribution in [0.25, 0.3) is 0 Å². The van der Waals surface area contributed by atoms with E-state index < -0.39 is 5.60 Å². The molecule has 0 radical (unpaired) electrons. The molecule has 1 N–H and O–H groups in total. The maximum atomic E-state index is 12.5. The SMILES string of the molecule is COCC[C@]1(O)CCN(C(=O)CCc2ccc(C)c(C)c2)C[C@H]1C. The van der Waals surface area contributed by atoms with Crippen molar-refractivity contribution in [3.63, 3.8) is 0 Å². The molecule has 1 aromatic rings. The van der Waals surface area contributed by atoms with E-state index in [9.17, 15) is 9.90 Å². The van der Waals surface area contributed by atoms with Crippen molar-refractivity contribution in [2.75, 3.05) is 26.8 Å². The summed E-state index contributed by atoms with van der Waals surface area (Å²) in [6, 6.07) is 6.40. The minimum Gasteiger partial charge on any atom is -0.389 e. The summed E-state index contributed by atoms with van der Waals surface area (Å²) in [6.07, 6.45) is 2.58. The normalized spacial score (nSPS) is 24.2. The number of piperidine rings is 1. The number of amides is 1. The van der Waals surface area contributed by atoms with Gasteiger partial charge in [-0.15, -0.1) is 0 Å². The average Bonchev–Trinajstić information content (AvgIpc) is 2.56. The highest BCUT2D eigenvalue weighted by atomic mass is 16.5. The number of aliphatic hydroxyl groups is 1. The van der Waals surface area contributed by atoms with Gasteiger partial charge < -0.3 is 14.7 Å². The van der Waals surface area contributed by atoms with Gasteiger partial charge in [0.2, 0.25) is 5.91 Å². The number of likely N-dealkylation sites (tertiary alicyclic amines) is 1. The highest BCUT2D eigenvalue weighted by Gasteiger charge is 2.39. The molecule has 0 bridgehead atoms. The molecule has 0 unspecified atom stereocenters. The fourth-order valence-corrected chi connectivity index (χ4v) is 3.41. The van der Waals surface area contributed by atoms with Crippen molar-refractivity contribution in [3.05, 3.63) is 34.9 Å². The lowest BCUT2D eigenvalue weighted by molar-refractivity contribution is -0.140. The first-order valence-corrected chi connectivity index (χ1v) is 8.91. The summed E-state index contributed by atoms with van der Waals surface area (Å²) < 4.78 is 5.10. The molecular formula is C20H31NO3. The van der Waals surface area contributed by atoms with Crippen LogP contribution in [-0.2, 0) is 16.0 Å². The van der Waals surface area contributed by atoms with E-state index in [1.807, 2.05) is 11.8 Å². The minimum atomic E-state index is -0.707. The predicted molar refractivity (Wildman–Crippen MR) is 96.0 cm³/mol. The van der Waals surface area contributed by atoms with E-state index in [4.69, 9.17) is 4.74 Å². The van der Waals surface area contributed by atoms with E-state index in [1.54, 1.807) is 7.11 Å². The van der Waals surface area contributed by atoms with Gasteiger partial charge in [-0.05, 0) is 49.8 Å². The molecule has 1 aliphatic rings. The van der Waals surface area contributed by atoms with Crippen molar-refractivity contribution in [2.24, 2.45) is 5.92 Å². The van der Waals surface area contributed by atoms with Crippen molar-refractivity contribution in [1.29, 1.82) is 0 Å². The van der Waals surface area contributed by atoms with Crippen molar-refractivity contribution in [3.8, 4) is 0 Å². The lowest BCUT2D eigenvalue weighted by Gasteiger charge is -2.43. The third kappa shape index (κ3) is 4.58. The second-order valence-corrected chi connectivity index (χ2v) is 7.26. The highest BCUT2D eigenvalue weighted by molar-refractivity contribution is 5.76. The number of benzene rings is 1. The summed E-state index contributed by atoms with van der Waals surface area (Å²) in [4.78, 5) is 14.4. The zero-order valence-corrected chi connectivity index (χ0v) is 15.5. The molecule has 1 fully saturated rings. The molecule has 4 nitrogen and oxygen atoms in total. The molecule has 1 aromatic carbocycles. The number of rotatable bonds is 6. The number of nitrogens with zero attached hydrogens (tertiary/aromatic N) is 1. The van der Waals surface area contributed by atoms with Gasteiger partial charge in [-0.25, -0.2) is 0 Å². The van der Waals surface area contributed by atoms with Crippen LogP contribution >= 0.6 is 0 Å². The summed E-state index contributed by atoms with van der Waals surface area (Å²) in [7, 11) is 1.65. The Hall–Kier alpha value is -1.39. The van der Waals surface area contributed by atoms with Gasteiger partial charge in [0.05, 0.1) is 5.60 Å². The zero-order valence-electron chi connectivity index (χ0n) is 15.5. The summed E-state index contributed by atoms with van der Waals surface area (Å²) in [6.45, 7) is 8.06. The number of aryl methyl sites for hydroxylation is 3. The number of hydrogen-bond donors (Lipinski definition) is 1. The Morgan fingerprint density at radius 3 is 2.75 bits per heavy atom. The first-order chi connectivity index (χ1) is 11.4. The summed E-state index contributed by atoms with van der Waals surface area (Å²) in [5.74, 6) is 0.265. The summed E-state index contributed by atoms with van der Waals surface area (Å²) in [5, 5.41) is 10.7. The Morgan fingerprint density at radius 2 is 2.12 bits per heavy atom. The summed E-state index contributed by atoms with van der Waals surface area (Å²) in [5.41, 5.74) is 3.06. The van der Waals surface area contributed by atoms with Crippen molar-refractivity contribution in [2.45, 2.75) is 52.1 Å². The summed E-state index contributed by atoms with van der Waals surface area (Å²) >= 11 is 0. The van der Waals surface area contributed by atoms with Gasteiger partial charge in [-0.2, -0.15) is 0 Å². The first-order valence-electron chi connectivity index (χ1n) is 8.91. The van der Waals surface area contributed by atoms with E-state index in [-0.39, 0.29) is 11.8 Å². The van der Waals surface area contributed by atoms with Gasteiger partial charge >= 0.3 is 0 Å². The molecule has 1 amide bonds. The van der Waals surface area contributed by atoms with Crippen LogP contribution in [0.15, 0.2) is 18.2 Å². The monoisotopic (exact) mass is 333 g/mol. The third-order valence-corrected chi connectivity index (χ3v) is 5.52. The molecule has 0 aromatic heterocycles. The largest absolute Gasteiger partial charge is 0.389 e. The molecule has 0 saturated carbocycles. The van der Waals surface area contributed by atoms with Crippen LogP contribution in [0.5, 0.6) is 0 Å². The topological polar surface area (TPSA) is 49.8 Å². The highest BCUT2D eigenvalue weighted by Crippen LogP contribution is 2.31. The Balaban J connectivity index is 1.86. The van der Waals surface area contributed by atoms with Gasteiger partial charge in [0.15, 0.2) is 0 Å². The third-order valence-electron chi connectivity index (χ3n) is 5.52. The van der Waals surface area contributed by atoms with E-state index in [2.05, 4.69) is 32.0 Å². The lowest BCUT2D eigenvalue weighted by Crippen LogP contribution is -2.52. The zero-order chi connectivity index (χ0) is 17.7. The molecule has 1 saturated heterocycles. The predicted octanol–water partition coefficient (Wildman–Crippen LogP) is 2.87. The van der Waals surface area contributed by atoms with Gasteiger partial charge in [0.25, 0.3) is 0 Å². The Labute approximate surface area is 145 Å². The second-order valence-electron chi connectivity index (χ2n) is 7.26. The fourth-order valence-electron chi connectivity index (χ4n) is 3.41. The first kappa shape index (κ1) is 18.9. The molecule has 1 heterocycles. The van der Waals surface area contributed by atoms with E-state index in [0.29, 0.717) is 39.0 Å². The van der Waals surface area contributed by atoms with Crippen molar-refractivity contribution < 1.29 is 14.6 Å². The number of carbonyl (C=O) groups is 1. The minimum absolute atomic E-state index is 0.0759. The van der Waals surface area contributed by atoms with Crippen LogP contribution in [0.2, 0.25) is 0 Å². The number of carbonyl (C=O) groups excluding carboxylic acids is 1. The van der Waals surface area contributed by atoms with Gasteiger partial charge in [0, 0.05) is 39.1 Å². The smallest absolute Gasteiger partial charge is 0.222 e. The number of ether oxygens (including phenoxy) is 1. The van der Waals surface area contributed by atoms with Crippen LogP contribution < -0.4 is 0 Å². The van der Waals surface area contributed by atoms with E-state index in [0.717, 1.165) is 6.42 Å². The van der Waals surface area contributed by atoms with Gasteiger partial charge in [-0.3, -0.25) is 4.79 Å². The quantitative estimate of drug-likeness (QED) is 0.871. The standard InChI is InChI=1S/C20H31NO3/c1-15-5-6-18(13-16(15)2)7-8-19(22)21-11-9-20(23,10-12-24-4)17(3)14-21/h5-6,13,17,23H,7-12,14H2,1-4H3/t17-,20-/m1/s1. The second kappa shape index (κ2) is 8.13. The van der Waals surface area contributed by atoms with Gasteiger partial charge in [-0.1, -0.05) is 25.1 Å². The van der Waals surface area contributed by atoms with E-state index >= 15 is 0 Å². The molecule has 2 atom stereocenters. The molecule has 4 heteroatoms. The Kier molecular flexibility index (Phi) is 6.41. The van der Waals surface area contributed by atoms with Crippen LogP contribution in [0.4, 0.5) is 0 Å². The maximum Gasteiger partial charge on any atom is 0.222 e. The van der Waals surface area contributed by atoms with Crippen LogP contribution in [0, 0.1) is 19.8 Å². The molecule has 0 aliphatic carbocycles. The Bertz CT molecular complexity index is 572. The van der Waals surface area contributed by atoms with Crippen molar-refractivity contribution in [1.82, 2.24) is 4.90 Å². The molecule has 134 valence electrons. The lowest BCUT2D eigenvalue weighted by atomic mass is 9.80. The van der Waals surface area contributed by atoms with Crippen LogP contribution in [-0.4, -0.2) is 48.3 Å². The van der Waals surface area contributed by atoms with Gasteiger partial charge in [0.1, 0.15) is 0 Å². The Morgan fingerprint density at radius 1 is 1.38 bits per heavy atom. The number of methoxy groups -OCH3 is 1. The number of hydrogen-bond acceptors (Lipinski definition) is 3.